The molecule has 7 rings (SSSR count). The van der Waals surface area contributed by atoms with E-state index in [1.807, 2.05) is 41.2 Å². The van der Waals surface area contributed by atoms with Crippen molar-refractivity contribution in [1.29, 1.82) is 0 Å². The Morgan fingerprint density at radius 3 is 2.53 bits per heavy atom. The standard InChI is InChI=1S/C33H39N9O3/c1-43-26-11-8-22(9-12-26)21-42-32-29(30(40-42)23-19-34-35-20-23)31(36-24-6-4-3-5-7-24)38-33(39-32)37-27-13-10-25(18-28(27)44-2)41-14-16-45-17-15-41/h8-13,18-20,24H,3-7,14-17,21H2,1-2H3,(H,34,35)(H2,36,37,38,39). The van der Waals surface area contributed by atoms with Gasteiger partial charge in [-0.15, -0.1) is 0 Å². The predicted octanol–water partition coefficient (Wildman–Crippen LogP) is 5.61. The van der Waals surface area contributed by atoms with E-state index >= 15 is 0 Å². The molecule has 5 aromatic rings. The number of methoxy groups -OCH3 is 2. The van der Waals surface area contributed by atoms with Crippen LogP contribution in [0.3, 0.4) is 0 Å². The average Bonchev–Trinajstić information content (AvgIpc) is 3.75. The molecule has 2 aliphatic rings. The molecule has 2 fully saturated rings. The summed E-state index contributed by atoms with van der Waals surface area (Å²) in [5.41, 5.74) is 5.35. The van der Waals surface area contributed by atoms with Gasteiger partial charge in [-0.05, 0) is 42.7 Å². The number of anilines is 4. The maximum absolute atomic E-state index is 5.83. The fraction of sp³-hybridized carbons (Fsp3) is 0.394. The van der Waals surface area contributed by atoms with Crippen LogP contribution in [0.4, 0.5) is 23.1 Å². The number of hydrogen-bond donors (Lipinski definition) is 3. The number of nitrogens with zero attached hydrogens (tertiary/aromatic N) is 6. The summed E-state index contributed by atoms with van der Waals surface area (Å²) in [6.07, 6.45) is 9.53. The summed E-state index contributed by atoms with van der Waals surface area (Å²) in [5, 5.41) is 20.4. The normalized spacial score (nSPS) is 15.7. The van der Waals surface area contributed by atoms with Crippen LogP contribution in [0, 0.1) is 0 Å². The molecule has 2 aromatic carbocycles. The molecule has 12 heteroatoms. The van der Waals surface area contributed by atoms with Gasteiger partial charge in [0.1, 0.15) is 23.0 Å². The minimum atomic E-state index is 0.328. The van der Waals surface area contributed by atoms with Gasteiger partial charge in [0.25, 0.3) is 0 Å². The first-order chi connectivity index (χ1) is 22.2. The molecule has 1 saturated carbocycles. The van der Waals surface area contributed by atoms with E-state index in [9.17, 15) is 0 Å². The van der Waals surface area contributed by atoms with Gasteiger partial charge in [-0.25, -0.2) is 4.68 Å². The Morgan fingerprint density at radius 2 is 1.80 bits per heavy atom. The van der Waals surface area contributed by atoms with E-state index in [1.54, 1.807) is 20.4 Å². The molecule has 0 atom stereocenters. The molecule has 1 aliphatic heterocycles. The van der Waals surface area contributed by atoms with Gasteiger partial charge in [-0.1, -0.05) is 31.4 Å². The summed E-state index contributed by atoms with van der Waals surface area (Å²) in [4.78, 5) is 12.5. The van der Waals surface area contributed by atoms with Crippen LogP contribution in [0.5, 0.6) is 11.5 Å². The zero-order chi connectivity index (χ0) is 30.6. The van der Waals surface area contributed by atoms with E-state index in [-0.39, 0.29) is 0 Å². The fourth-order valence-electron chi connectivity index (χ4n) is 6.19. The van der Waals surface area contributed by atoms with Crippen LogP contribution >= 0.6 is 0 Å². The van der Waals surface area contributed by atoms with E-state index in [2.05, 4.69) is 37.9 Å². The summed E-state index contributed by atoms with van der Waals surface area (Å²) in [6, 6.07) is 14.5. The van der Waals surface area contributed by atoms with Gasteiger partial charge < -0.3 is 29.7 Å². The number of rotatable bonds is 10. The van der Waals surface area contributed by atoms with Gasteiger partial charge in [0.05, 0.1) is 51.2 Å². The van der Waals surface area contributed by atoms with Crippen LogP contribution in [0.15, 0.2) is 54.9 Å². The number of morpholine rings is 1. The van der Waals surface area contributed by atoms with Crippen molar-refractivity contribution in [3.63, 3.8) is 0 Å². The SMILES string of the molecule is COc1ccc(Cn2nc(-c3cn[nH]c3)c3c(NC4CCCCC4)nc(Nc4ccc(N5CCOCC5)cc4OC)nc32)cc1. The van der Waals surface area contributed by atoms with Crippen LogP contribution in [-0.4, -0.2) is 76.5 Å². The van der Waals surface area contributed by atoms with Crippen LogP contribution < -0.4 is 25.0 Å². The van der Waals surface area contributed by atoms with Crippen molar-refractivity contribution < 1.29 is 14.2 Å². The molecule has 12 nitrogen and oxygen atoms in total. The zero-order valence-corrected chi connectivity index (χ0v) is 25.8. The molecule has 45 heavy (non-hydrogen) atoms. The molecular formula is C33H39N9O3. The maximum Gasteiger partial charge on any atom is 0.231 e. The van der Waals surface area contributed by atoms with Crippen LogP contribution in [0.25, 0.3) is 22.3 Å². The Labute approximate surface area is 262 Å². The smallest absolute Gasteiger partial charge is 0.231 e. The summed E-state index contributed by atoms with van der Waals surface area (Å²) in [5.74, 6) is 2.75. The van der Waals surface area contributed by atoms with Crippen molar-refractivity contribution in [3.8, 4) is 22.8 Å². The lowest BCUT2D eigenvalue weighted by Crippen LogP contribution is -2.36. The number of fused-ring (bicyclic) bond motifs is 1. The predicted molar refractivity (Wildman–Crippen MR) is 175 cm³/mol. The third kappa shape index (κ3) is 6.23. The van der Waals surface area contributed by atoms with Crippen LogP contribution in [-0.2, 0) is 11.3 Å². The van der Waals surface area contributed by atoms with Gasteiger partial charge in [-0.3, -0.25) is 5.10 Å². The Bertz CT molecular complexity index is 1730. The van der Waals surface area contributed by atoms with E-state index < -0.39 is 0 Å². The van der Waals surface area contributed by atoms with E-state index in [0.717, 1.165) is 95.7 Å². The number of benzene rings is 2. The summed E-state index contributed by atoms with van der Waals surface area (Å²) >= 11 is 0. The zero-order valence-electron chi connectivity index (χ0n) is 25.8. The number of H-pyrrole nitrogens is 1. The summed E-state index contributed by atoms with van der Waals surface area (Å²) in [6.45, 7) is 3.66. The van der Waals surface area contributed by atoms with Gasteiger partial charge in [0, 0.05) is 42.6 Å². The molecule has 1 aliphatic carbocycles. The fourth-order valence-corrected chi connectivity index (χ4v) is 6.19. The highest BCUT2D eigenvalue weighted by molar-refractivity contribution is 6.00. The van der Waals surface area contributed by atoms with Crippen LogP contribution in [0.2, 0.25) is 0 Å². The quantitative estimate of drug-likeness (QED) is 0.184. The third-order valence-corrected chi connectivity index (χ3v) is 8.61. The third-order valence-electron chi connectivity index (χ3n) is 8.61. The first-order valence-corrected chi connectivity index (χ1v) is 15.6. The van der Waals surface area contributed by atoms with Gasteiger partial charge in [-0.2, -0.15) is 20.2 Å². The lowest BCUT2D eigenvalue weighted by molar-refractivity contribution is 0.122. The second kappa shape index (κ2) is 13.0. The molecule has 0 spiro atoms. The highest BCUT2D eigenvalue weighted by Gasteiger charge is 2.24. The highest BCUT2D eigenvalue weighted by atomic mass is 16.5. The summed E-state index contributed by atoms with van der Waals surface area (Å²) in [7, 11) is 3.36. The molecule has 0 bridgehead atoms. The molecule has 0 radical (unpaired) electrons. The van der Waals surface area contributed by atoms with Gasteiger partial charge >= 0.3 is 0 Å². The van der Waals surface area contributed by atoms with E-state index in [1.165, 1.54) is 19.3 Å². The van der Waals surface area contributed by atoms with Crippen LogP contribution in [0.1, 0.15) is 37.7 Å². The number of ether oxygens (including phenoxy) is 3. The first kappa shape index (κ1) is 28.9. The molecule has 4 heterocycles. The van der Waals surface area contributed by atoms with E-state index in [4.69, 9.17) is 29.3 Å². The number of aromatic nitrogens is 6. The Hall–Kier alpha value is -4.84. The Kier molecular flexibility index (Phi) is 8.37. The number of hydrogen-bond acceptors (Lipinski definition) is 10. The molecule has 0 amide bonds. The molecule has 0 unspecified atom stereocenters. The Morgan fingerprint density at radius 1 is 0.978 bits per heavy atom. The lowest BCUT2D eigenvalue weighted by atomic mass is 9.95. The number of aromatic amines is 1. The van der Waals surface area contributed by atoms with Crippen molar-refractivity contribution in [2.45, 2.75) is 44.7 Å². The second-order valence-corrected chi connectivity index (χ2v) is 11.5. The minimum Gasteiger partial charge on any atom is -0.497 e. The maximum atomic E-state index is 5.83. The molecular weight excluding hydrogens is 570 g/mol. The minimum absolute atomic E-state index is 0.328. The monoisotopic (exact) mass is 609 g/mol. The summed E-state index contributed by atoms with van der Waals surface area (Å²) < 4.78 is 18.7. The molecule has 3 aromatic heterocycles. The van der Waals surface area contributed by atoms with Crippen molar-refractivity contribution >= 4 is 34.2 Å². The average molecular weight is 610 g/mol. The first-order valence-electron chi connectivity index (χ1n) is 15.6. The largest absolute Gasteiger partial charge is 0.497 e. The molecule has 3 N–H and O–H groups in total. The molecule has 234 valence electrons. The number of nitrogens with one attached hydrogen (secondary N) is 3. The van der Waals surface area contributed by atoms with E-state index in [0.29, 0.717) is 18.5 Å². The van der Waals surface area contributed by atoms with Gasteiger partial charge in [0.2, 0.25) is 5.95 Å². The Balaban J connectivity index is 1.31. The topological polar surface area (TPSA) is 127 Å². The van der Waals surface area contributed by atoms with Crippen molar-refractivity contribution in [2.75, 3.05) is 56.1 Å². The second-order valence-electron chi connectivity index (χ2n) is 11.5. The molecule has 1 saturated heterocycles. The van der Waals surface area contributed by atoms with Crippen molar-refractivity contribution in [2.24, 2.45) is 0 Å². The lowest BCUT2D eigenvalue weighted by Gasteiger charge is -2.29. The van der Waals surface area contributed by atoms with Crippen molar-refractivity contribution in [3.05, 3.63) is 60.4 Å². The highest BCUT2D eigenvalue weighted by Crippen LogP contribution is 2.37. The van der Waals surface area contributed by atoms with Crippen molar-refractivity contribution in [1.82, 2.24) is 29.9 Å². The van der Waals surface area contributed by atoms with Gasteiger partial charge in [0.15, 0.2) is 5.65 Å².